The van der Waals surface area contributed by atoms with Crippen molar-refractivity contribution in [1.29, 1.82) is 0 Å². The normalized spacial score (nSPS) is 25.3. The molecule has 2 fully saturated rings. The fourth-order valence-corrected chi connectivity index (χ4v) is 6.00. The smallest absolute Gasteiger partial charge is 0.419 e. The Morgan fingerprint density at radius 2 is 1.53 bits per heavy atom. The largest absolute Gasteiger partial charge is 0.490 e. The highest BCUT2D eigenvalue weighted by Gasteiger charge is 2.37. The number of hydrogen-bond acceptors (Lipinski definition) is 1. The molecule has 0 aliphatic heterocycles. The summed E-state index contributed by atoms with van der Waals surface area (Å²) in [6, 6.07) is 6.29. The van der Waals surface area contributed by atoms with Crippen LogP contribution in [0.2, 0.25) is 0 Å². The lowest BCUT2D eigenvalue weighted by molar-refractivity contribution is -0.140. The molecule has 2 aromatic rings. The van der Waals surface area contributed by atoms with Crippen LogP contribution in [0.1, 0.15) is 76.3 Å². The van der Waals surface area contributed by atoms with Crippen LogP contribution in [0.3, 0.4) is 0 Å². The van der Waals surface area contributed by atoms with Crippen LogP contribution < -0.4 is 4.74 Å². The Morgan fingerprint density at radius 3 is 2.11 bits per heavy atom. The lowest BCUT2D eigenvalue weighted by Crippen LogP contribution is -2.27. The van der Waals surface area contributed by atoms with Crippen LogP contribution in [0.25, 0.3) is 17.2 Å². The average molecular weight is 507 g/mol. The van der Waals surface area contributed by atoms with Crippen molar-refractivity contribution in [3.05, 3.63) is 59.2 Å². The maximum absolute atomic E-state index is 14.9. The van der Waals surface area contributed by atoms with Gasteiger partial charge in [0.15, 0.2) is 11.6 Å². The quantitative estimate of drug-likeness (QED) is 0.354. The van der Waals surface area contributed by atoms with Gasteiger partial charge in [-0.05, 0) is 92.4 Å². The standard InChI is InChI=1S/C30H35F5O/c1-3-4-23-13-15-25(29(32)28(23)30(33,34)35)24-14-16-27(26(31)17-24)36-18-20-7-11-22(12-8-20)21-9-5-19(2)6-10-21/h3-4,13-17,19-22H,5-12,18H2,1-2H3. The first-order valence-electron chi connectivity index (χ1n) is 13.1. The van der Waals surface area contributed by atoms with Gasteiger partial charge in [-0.25, -0.2) is 8.78 Å². The summed E-state index contributed by atoms with van der Waals surface area (Å²) in [5.74, 6) is 0.795. The Morgan fingerprint density at radius 1 is 0.889 bits per heavy atom. The molecule has 0 N–H and O–H groups in total. The molecule has 2 aliphatic carbocycles. The van der Waals surface area contributed by atoms with Gasteiger partial charge >= 0.3 is 6.18 Å². The molecule has 0 spiro atoms. The molecule has 2 aromatic carbocycles. The van der Waals surface area contributed by atoms with E-state index in [1.807, 2.05) is 0 Å². The number of benzene rings is 2. The van der Waals surface area contributed by atoms with Gasteiger partial charge in [-0.1, -0.05) is 50.1 Å². The minimum absolute atomic E-state index is 0.0391. The number of halogens is 5. The number of hydrogen-bond donors (Lipinski definition) is 0. The lowest BCUT2D eigenvalue weighted by atomic mass is 9.69. The molecule has 0 aromatic heterocycles. The molecule has 1 nitrogen and oxygen atoms in total. The number of alkyl halides is 3. The van der Waals surface area contributed by atoms with Crippen molar-refractivity contribution in [2.45, 2.75) is 71.4 Å². The van der Waals surface area contributed by atoms with Gasteiger partial charge in [0.05, 0.1) is 12.2 Å². The van der Waals surface area contributed by atoms with E-state index in [4.69, 9.17) is 4.74 Å². The second-order valence-electron chi connectivity index (χ2n) is 10.6. The summed E-state index contributed by atoms with van der Waals surface area (Å²) in [4.78, 5) is 0. The summed E-state index contributed by atoms with van der Waals surface area (Å²) >= 11 is 0. The number of ether oxygens (including phenoxy) is 1. The van der Waals surface area contributed by atoms with Gasteiger partial charge in [0.1, 0.15) is 5.82 Å². The highest BCUT2D eigenvalue weighted by molar-refractivity contribution is 5.70. The van der Waals surface area contributed by atoms with Crippen molar-refractivity contribution in [3.8, 4) is 16.9 Å². The van der Waals surface area contributed by atoms with Gasteiger partial charge in [0.2, 0.25) is 0 Å². The summed E-state index contributed by atoms with van der Waals surface area (Å²) in [5.41, 5.74) is -1.87. The molecule has 36 heavy (non-hydrogen) atoms. The summed E-state index contributed by atoms with van der Waals surface area (Å²) in [6.45, 7) is 4.31. The molecule has 196 valence electrons. The van der Waals surface area contributed by atoms with Crippen molar-refractivity contribution in [2.24, 2.45) is 23.7 Å². The second-order valence-corrected chi connectivity index (χ2v) is 10.6. The van der Waals surface area contributed by atoms with E-state index in [1.165, 1.54) is 74.9 Å². The predicted octanol–water partition coefficient (Wildman–Crippen LogP) is 9.70. The third-order valence-electron chi connectivity index (χ3n) is 8.14. The number of allylic oxidation sites excluding steroid dienone is 1. The van der Waals surface area contributed by atoms with E-state index >= 15 is 0 Å². The fraction of sp³-hybridized carbons (Fsp3) is 0.533. The Kier molecular flexibility index (Phi) is 8.41. The van der Waals surface area contributed by atoms with Crippen molar-refractivity contribution in [3.63, 3.8) is 0 Å². The van der Waals surface area contributed by atoms with Gasteiger partial charge < -0.3 is 4.74 Å². The summed E-state index contributed by atoms with van der Waals surface area (Å²) in [6.07, 6.45) is 7.63. The summed E-state index contributed by atoms with van der Waals surface area (Å²) in [7, 11) is 0. The first kappa shape index (κ1) is 26.7. The van der Waals surface area contributed by atoms with E-state index in [0.717, 1.165) is 36.7 Å². The SMILES string of the molecule is CC=Cc1ccc(-c2ccc(OCC3CCC(C4CCC(C)CC4)CC3)c(F)c2)c(F)c1C(F)(F)F. The molecule has 0 saturated heterocycles. The van der Waals surface area contributed by atoms with Crippen LogP contribution in [0, 0.1) is 35.3 Å². The Bertz CT molecular complexity index is 1060. The zero-order chi connectivity index (χ0) is 25.9. The molecule has 4 rings (SSSR count). The molecular formula is C30H35F5O. The van der Waals surface area contributed by atoms with Crippen molar-refractivity contribution in [1.82, 2.24) is 0 Å². The minimum atomic E-state index is -4.87. The summed E-state index contributed by atoms with van der Waals surface area (Å²) < 4.78 is 76.1. The lowest BCUT2D eigenvalue weighted by Gasteiger charge is -2.37. The van der Waals surface area contributed by atoms with E-state index in [-0.39, 0.29) is 22.4 Å². The third kappa shape index (κ3) is 6.12. The van der Waals surface area contributed by atoms with Gasteiger partial charge in [0, 0.05) is 5.56 Å². The van der Waals surface area contributed by atoms with Crippen LogP contribution in [-0.2, 0) is 6.18 Å². The van der Waals surface area contributed by atoms with Crippen molar-refractivity contribution < 1.29 is 26.7 Å². The first-order chi connectivity index (χ1) is 17.2. The fourth-order valence-electron chi connectivity index (χ4n) is 6.00. The first-order valence-corrected chi connectivity index (χ1v) is 13.1. The second kappa shape index (κ2) is 11.4. The molecule has 6 heteroatoms. The van der Waals surface area contributed by atoms with Gasteiger partial charge in [-0.15, -0.1) is 0 Å². The van der Waals surface area contributed by atoms with E-state index in [2.05, 4.69) is 6.92 Å². The van der Waals surface area contributed by atoms with Gasteiger partial charge in [-0.3, -0.25) is 0 Å². The van der Waals surface area contributed by atoms with E-state index < -0.39 is 23.4 Å². The minimum Gasteiger partial charge on any atom is -0.490 e. The molecule has 0 unspecified atom stereocenters. The monoisotopic (exact) mass is 506 g/mol. The van der Waals surface area contributed by atoms with E-state index in [0.29, 0.717) is 12.5 Å². The van der Waals surface area contributed by atoms with Crippen molar-refractivity contribution >= 4 is 6.08 Å². The zero-order valence-electron chi connectivity index (χ0n) is 21.0. The molecular weight excluding hydrogens is 471 g/mol. The third-order valence-corrected chi connectivity index (χ3v) is 8.14. The molecule has 0 bridgehead atoms. The van der Waals surface area contributed by atoms with E-state index in [9.17, 15) is 22.0 Å². The predicted molar refractivity (Wildman–Crippen MR) is 134 cm³/mol. The average Bonchev–Trinajstić information content (AvgIpc) is 2.84. The Balaban J connectivity index is 1.39. The van der Waals surface area contributed by atoms with Crippen LogP contribution >= 0.6 is 0 Å². The highest BCUT2D eigenvalue weighted by atomic mass is 19.4. The van der Waals surface area contributed by atoms with E-state index in [1.54, 1.807) is 6.92 Å². The Hall–Kier alpha value is -2.37. The maximum atomic E-state index is 14.9. The number of rotatable bonds is 6. The topological polar surface area (TPSA) is 9.23 Å². The van der Waals surface area contributed by atoms with Crippen LogP contribution in [-0.4, -0.2) is 6.61 Å². The highest BCUT2D eigenvalue weighted by Crippen LogP contribution is 2.42. The zero-order valence-corrected chi connectivity index (χ0v) is 21.0. The van der Waals surface area contributed by atoms with Gasteiger partial charge in [-0.2, -0.15) is 13.2 Å². The van der Waals surface area contributed by atoms with Crippen LogP contribution in [0.4, 0.5) is 22.0 Å². The van der Waals surface area contributed by atoms with Crippen molar-refractivity contribution in [2.75, 3.05) is 6.61 Å². The Labute approximate surface area is 210 Å². The molecule has 2 aliphatic rings. The molecule has 0 amide bonds. The van der Waals surface area contributed by atoms with Crippen LogP contribution in [0.15, 0.2) is 36.4 Å². The molecule has 0 radical (unpaired) electrons. The maximum Gasteiger partial charge on any atom is 0.419 e. The van der Waals surface area contributed by atoms with Crippen LogP contribution in [0.5, 0.6) is 5.75 Å². The molecule has 2 saturated carbocycles. The summed E-state index contributed by atoms with van der Waals surface area (Å²) in [5, 5.41) is 0. The molecule has 0 heterocycles. The van der Waals surface area contributed by atoms with Gasteiger partial charge in [0.25, 0.3) is 0 Å². The molecule has 0 atom stereocenters.